The van der Waals surface area contributed by atoms with Crippen molar-refractivity contribution in [2.45, 2.75) is 13.0 Å². The third-order valence-electron chi connectivity index (χ3n) is 5.82. The topological polar surface area (TPSA) is 57.6 Å². The van der Waals surface area contributed by atoms with E-state index in [0.29, 0.717) is 6.04 Å². The fourth-order valence-electron chi connectivity index (χ4n) is 4.10. The van der Waals surface area contributed by atoms with Crippen LogP contribution < -0.4 is 9.80 Å². The third-order valence-corrected chi connectivity index (χ3v) is 6.76. The summed E-state index contributed by atoms with van der Waals surface area (Å²) in [5.74, 6) is 2.00. The molecule has 1 aromatic carbocycles. The molecule has 0 N–H and O–H groups in total. The van der Waals surface area contributed by atoms with Gasteiger partial charge in [0.15, 0.2) is 11.6 Å². The standard InChI is InChI=1S/C21H26N6OS/c1-16(21-22-6-15-29-21)25-7-9-26(10-8-25)19-20(27-11-13-28-14-12-27)24-18-5-3-2-4-17(18)23-19/h2-6,15-16H,7-14H2,1H3. The normalized spacial score (nSPS) is 19.6. The fourth-order valence-corrected chi connectivity index (χ4v) is 4.83. The first-order chi connectivity index (χ1) is 14.3. The Hall–Kier alpha value is -2.29. The van der Waals surface area contributed by atoms with Gasteiger partial charge in [-0.15, -0.1) is 11.3 Å². The van der Waals surface area contributed by atoms with E-state index < -0.39 is 0 Å². The van der Waals surface area contributed by atoms with E-state index in [9.17, 15) is 0 Å². The third kappa shape index (κ3) is 3.80. The molecule has 2 aromatic heterocycles. The monoisotopic (exact) mass is 410 g/mol. The SMILES string of the molecule is CC(c1nccs1)N1CCN(c2nc3ccccc3nc2N2CCOCC2)CC1. The first-order valence-corrected chi connectivity index (χ1v) is 11.2. The Kier molecular flexibility index (Phi) is 5.30. The minimum absolute atomic E-state index is 0.360. The smallest absolute Gasteiger partial charge is 0.172 e. The summed E-state index contributed by atoms with van der Waals surface area (Å²) in [4.78, 5) is 21.8. The van der Waals surface area contributed by atoms with Crippen molar-refractivity contribution >= 4 is 34.0 Å². The van der Waals surface area contributed by atoms with E-state index in [2.05, 4.69) is 38.1 Å². The highest BCUT2D eigenvalue weighted by Crippen LogP contribution is 2.31. The van der Waals surface area contributed by atoms with E-state index in [1.807, 2.05) is 24.4 Å². The van der Waals surface area contributed by atoms with E-state index in [0.717, 1.165) is 75.2 Å². The summed E-state index contributed by atoms with van der Waals surface area (Å²) in [6.07, 6.45) is 1.89. The van der Waals surface area contributed by atoms with Crippen LogP contribution in [0.15, 0.2) is 35.8 Å². The van der Waals surface area contributed by atoms with Gasteiger partial charge in [-0.05, 0) is 19.1 Å². The van der Waals surface area contributed by atoms with Crippen LogP contribution in [-0.2, 0) is 4.74 Å². The molecule has 5 rings (SSSR count). The number of hydrogen-bond acceptors (Lipinski definition) is 8. The molecule has 0 saturated carbocycles. The minimum atomic E-state index is 0.360. The Morgan fingerprint density at radius 2 is 1.52 bits per heavy atom. The highest BCUT2D eigenvalue weighted by Gasteiger charge is 2.28. The van der Waals surface area contributed by atoms with Crippen LogP contribution in [0.2, 0.25) is 0 Å². The number of benzene rings is 1. The molecule has 0 spiro atoms. The summed E-state index contributed by atoms with van der Waals surface area (Å²) >= 11 is 1.74. The van der Waals surface area contributed by atoms with Crippen molar-refractivity contribution in [1.29, 1.82) is 0 Å². The van der Waals surface area contributed by atoms with E-state index >= 15 is 0 Å². The van der Waals surface area contributed by atoms with Gasteiger partial charge in [0.1, 0.15) is 5.01 Å². The van der Waals surface area contributed by atoms with Crippen molar-refractivity contribution in [3.63, 3.8) is 0 Å². The molecule has 1 atom stereocenters. The number of hydrogen-bond donors (Lipinski definition) is 0. The highest BCUT2D eigenvalue weighted by atomic mass is 32.1. The molecule has 29 heavy (non-hydrogen) atoms. The zero-order valence-electron chi connectivity index (χ0n) is 16.7. The predicted octanol–water partition coefficient (Wildman–Crippen LogP) is 2.81. The summed E-state index contributed by atoms with van der Waals surface area (Å²) in [7, 11) is 0. The van der Waals surface area contributed by atoms with Gasteiger partial charge in [-0.3, -0.25) is 4.90 Å². The van der Waals surface area contributed by atoms with Crippen LogP contribution in [-0.4, -0.2) is 72.3 Å². The largest absolute Gasteiger partial charge is 0.378 e. The lowest BCUT2D eigenvalue weighted by molar-refractivity contribution is 0.122. The van der Waals surface area contributed by atoms with Gasteiger partial charge in [0.25, 0.3) is 0 Å². The molecule has 0 radical (unpaired) electrons. The van der Waals surface area contributed by atoms with E-state index in [4.69, 9.17) is 14.7 Å². The van der Waals surface area contributed by atoms with Crippen molar-refractivity contribution < 1.29 is 4.74 Å². The Morgan fingerprint density at radius 3 is 2.10 bits per heavy atom. The number of aromatic nitrogens is 3. The number of piperazine rings is 1. The fraction of sp³-hybridized carbons (Fsp3) is 0.476. The van der Waals surface area contributed by atoms with Crippen LogP contribution in [0, 0.1) is 0 Å². The van der Waals surface area contributed by atoms with Gasteiger partial charge < -0.3 is 14.5 Å². The maximum absolute atomic E-state index is 5.55. The van der Waals surface area contributed by atoms with Crippen LogP contribution in [0.1, 0.15) is 18.0 Å². The van der Waals surface area contributed by atoms with Gasteiger partial charge in [0.05, 0.1) is 30.3 Å². The molecular formula is C21H26N6OS. The van der Waals surface area contributed by atoms with Crippen LogP contribution >= 0.6 is 11.3 Å². The molecular weight excluding hydrogens is 384 g/mol. The van der Waals surface area contributed by atoms with Crippen molar-refractivity contribution in [3.05, 3.63) is 40.8 Å². The van der Waals surface area contributed by atoms with E-state index in [-0.39, 0.29) is 0 Å². The van der Waals surface area contributed by atoms with Gasteiger partial charge in [-0.2, -0.15) is 0 Å². The Balaban J connectivity index is 1.40. The van der Waals surface area contributed by atoms with Gasteiger partial charge >= 0.3 is 0 Å². The molecule has 0 aliphatic carbocycles. The molecule has 152 valence electrons. The minimum Gasteiger partial charge on any atom is -0.378 e. The summed E-state index contributed by atoms with van der Waals surface area (Å²) < 4.78 is 5.55. The summed E-state index contributed by atoms with van der Waals surface area (Å²) in [6, 6.07) is 8.51. The second kappa shape index (κ2) is 8.22. The zero-order chi connectivity index (χ0) is 19.6. The second-order valence-electron chi connectivity index (χ2n) is 7.53. The van der Waals surface area contributed by atoms with Gasteiger partial charge in [-0.1, -0.05) is 12.1 Å². The molecule has 2 aliphatic heterocycles. The van der Waals surface area contributed by atoms with Gasteiger partial charge in [0, 0.05) is 50.8 Å². The van der Waals surface area contributed by atoms with Crippen LogP contribution in [0.25, 0.3) is 11.0 Å². The molecule has 3 aromatic rings. The molecule has 8 heteroatoms. The first-order valence-electron chi connectivity index (χ1n) is 10.3. The lowest BCUT2D eigenvalue weighted by Gasteiger charge is -2.39. The summed E-state index contributed by atoms with van der Waals surface area (Å²) in [5, 5.41) is 3.25. The molecule has 1 unspecified atom stereocenters. The lowest BCUT2D eigenvalue weighted by Crippen LogP contribution is -2.48. The first kappa shape index (κ1) is 18.7. The van der Waals surface area contributed by atoms with Crippen molar-refractivity contribution in [2.75, 3.05) is 62.3 Å². The number of ether oxygens (including phenoxy) is 1. The van der Waals surface area contributed by atoms with Crippen molar-refractivity contribution in [1.82, 2.24) is 19.9 Å². The number of fused-ring (bicyclic) bond motifs is 1. The maximum atomic E-state index is 5.55. The highest BCUT2D eigenvalue weighted by molar-refractivity contribution is 7.09. The number of rotatable bonds is 4. The quantitative estimate of drug-likeness (QED) is 0.655. The summed E-state index contributed by atoms with van der Waals surface area (Å²) in [5.41, 5.74) is 1.91. The maximum Gasteiger partial charge on any atom is 0.172 e. The Labute approximate surface area is 175 Å². The van der Waals surface area contributed by atoms with Crippen LogP contribution in [0.5, 0.6) is 0 Å². The molecule has 0 amide bonds. The zero-order valence-corrected chi connectivity index (χ0v) is 17.5. The Bertz CT molecular complexity index is 951. The molecule has 2 aliphatic rings. The van der Waals surface area contributed by atoms with Crippen molar-refractivity contribution in [2.24, 2.45) is 0 Å². The molecule has 7 nitrogen and oxygen atoms in total. The number of morpholine rings is 1. The Morgan fingerprint density at radius 1 is 0.897 bits per heavy atom. The van der Waals surface area contributed by atoms with E-state index in [1.54, 1.807) is 11.3 Å². The van der Waals surface area contributed by atoms with Crippen LogP contribution in [0.3, 0.4) is 0 Å². The van der Waals surface area contributed by atoms with Gasteiger partial charge in [-0.25, -0.2) is 15.0 Å². The van der Waals surface area contributed by atoms with Crippen molar-refractivity contribution in [3.8, 4) is 0 Å². The average molecular weight is 411 g/mol. The van der Waals surface area contributed by atoms with Crippen LogP contribution in [0.4, 0.5) is 11.6 Å². The van der Waals surface area contributed by atoms with Gasteiger partial charge in [0.2, 0.25) is 0 Å². The van der Waals surface area contributed by atoms with E-state index in [1.165, 1.54) is 5.01 Å². The number of para-hydroxylation sites is 2. The second-order valence-corrected chi connectivity index (χ2v) is 8.45. The molecule has 2 saturated heterocycles. The average Bonchev–Trinajstić information content (AvgIpc) is 3.33. The number of thiazole rings is 1. The predicted molar refractivity (Wildman–Crippen MR) is 117 cm³/mol. The number of anilines is 2. The molecule has 2 fully saturated rings. The lowest BCUT2D eigenvalue weighted by atomic mass is 10.2. The molecule has 0 bridgehead atoms. The number of nitrogens with zero attached hydrogens (tertiary/aromatic N) is 6. The molecule has 4 heterocycles. The summed E-state index contributed by atoms with van der Waals surface area (Å²) in [6.45, 7) is 9.35.